The van der Waals surface area contributed by atoms with Crippen molar-refractivity contribution in [1.82, 2.24) is 9.88 Å². The Bertz CT molecular complexity index is 625. The molecule has 0 spiro atoms. The highest BCUT2D eigenvalue weighted by Crippen LogP contribution is 2.29. The Labute approximate surface area is 112 Å². The first-order valence-corrected chi connectivity index (χ1v) is 6.85. The minimum atomic E-state index is -0.190. The van der Waals surface area contributed by atoms with E-state index in [2.05, 4.69) is 29.8 Å². The number of aromatic amines is 1. The van der Waals surface area contributed by atoms with Gasteiger partial charge in [0.25, 0.3) is 0 Å². The van der Waals surface area contributed by atoms with Crippen LogP contribution in [0.3, 0.4) is 0 Å². The molecule has 100 valence electrons. The van der Waals surface area contributed by atoms with E-state index in [0.29, 0.717) is 6.04 Å². The lowest BCUT2D eigenvalue weighted by Crippen LogP contribution is -2.34. The smallest absolute Gasteiger partial charge is 0.125 e. The third-order valence-electron chi connectivity index (χ3n) is 3.96. The molecular weight excluding hydrogens is 239 g/mol. The van der Waals surface area contributed by atoms with Crippen LogP contribution >= 0.6 is 0 Å². The van der Waals surface area contributed by atoms with Gasteiger partial charge in [-0.3, -0.25) is 4.90 Å². The molecule has 0 amide bonds. The van der Waals surface area contributed by atoms with Crippen LogP contribution in [0.5, 0.6) is 0 Å². The van der Waals surface area contributed by atoms with Gasteiger partial charge in [-0.25, -0.2) is 4.39 Å². The van der Waals surface area contributed by atoms with Gasteiger partial charge in [0.15, 0.2) is 0 Å². The molecule has 0 saturated carbocycles. The number of hydrogen-bond donors (Lipinski definition) is 1. The second-order valence-electron chi connectivity index (χ2n) is 5.46. The first-order chi connectivity index (χ1) is 9.15. The number of fused-ring (bicyclic) bond motifs is 1. The van der Waals surface area contributed by atoms with Crippen LogP contribution in [0.15, 0.2) is 30.5 Å². The van der Waals surface area contributed by atoms with E-state index in [4.69, 9.17) is 0 Å². The number of nitrogens with one attached hydrogen (secondary N) is 1. The molecule has 1 aliphatic rings. The van der Waals surface area contributed by atoms with Gasteiger partial charge in [-0.05, 0) is 44.0 Å². The van der Waals surface area contributed by atoms with E-state index in [1.807, 2.05) is 12.3 Å². The van der Waals surface area contributed by atoms with Gasteiger partial charge in [0.2, 0.25) is 0 Å². The van der Waals surface area contributed by atoms with Gasteiger partial charge in [-0.15, -0.1) is 0 Å². The second-order valence-corrected chi connectivity index (χ2v) is 5.46. The summed E-state index contributed by atoms with van der Waals surface area (Å²) in [6.07, 6.45) is 5.36. The normalized spacial score (nSPS) is 17.2. The van der Waals surface area contributed by atoms with Crippen molar-refractivity contribution in [2.75, 3.05) is 13.1 Å². The van der Waals surface area contributed by atoms with Crippen LogP contribution in [0.4, 0.5) is 4.39 Å². The summed E-state index contributed by atoms with van der Waals surface area (Å²) in [5, 5.41) is 1.12. The van der Waals surface area contributed by atoms with Gasteiger partial charge in [0, 0.05) is 41.8 Å². The van der Waals surface area contributed by atoms with Gasteiger partial charge in [0.1, 0.15) is 5.82 Å². The van der Waals surface area contributed by atoms with Crippen molar-refractivity contribution in [3.8, 4) is 0 Å². The van der Waals surface area contributed by atoms with Gasteiger partial charge < -0.3 is 4.98 Å². The zero-order valence-electron chi connectivity index (χ0n) is 11.4. The summed E-state index contributed by atoms with van der Waals surface area (Å²) in [6.45, 7) is 6.55. The van der Waals surface area contributed by atoms with E-state index in [0.717, 1.165) is 30.4 Å². The number of aromatic nitrogens is 1. The summed E-state index contributed by atoms with van der Waals surface area (Å²) in [5.74, 6) is -0.190. The van der Waals surface area contributed by atoms with Gasteiger partial charge in [-0.1, -0.05) is 6.08 Å². The number of rotatable bonds is 2. The average Bonchev–Trinajstić information content (AvgIpc) is 2.81. The first kappa shape index (κ1) is 12.4. The lowest BCUT2D eigenvalue weighted by molar-refractivity contribution is 0.245. The predicted molar refractivity (Wildman–Crippen MR) is 77.6 cm³/mol. The van der Waals surface area contributed by atoms with Gasteiger partial charge in [-0.2, -0.15) is 0 Å². The maximum Gasteiger partial charge on any atom is 0.125 e. The van der Waals surface area contributed by atoms with E-state index in [-0.39, 0.29) is 5.82 Å². The van der Waals surface area contributed by atoms with E-state index in [1.54, 1.807) is 6.07 Å². The van der Waals surface area contributed by atoms with Crippen LogP contribution in [0.2, 0.25) is 0 Å². The molecule has 1 aromatic carbocycles. The lowest BCUT2D eigenvalue weighted by Gasteiger charge is -2.29. The Kier molecular flexibility index (Phi) is 3.15. The highest BCUT2D eigenvalue weighted by Gasteiger charge is 2.17. The molecule has 0 aliphatic carbocycles. The van der Waals surface area contributed by atoms with Crippen LogP contribution in [-0.2, 0) is 0 Å². The van der Waals surface area contributed by atoms with Gasteiger partial charge in [0.05, 0.1) is 0 Å². The highest BCUT2D eigenvalue weighted by atomic mass is 19.1. The largest absolute Gasteiger partial charge is 0.360 e. The number of H-pyrrole nitrogens is 1. The number of halogens is 1. The maximum absolute atomic E-state index is 13.2. The molecule has 3 heteroatoms. The predicted octanol–water partition coefficient (Wildman–Crippen LogP) is 3.80. The molecule has 3 rings (SSSR count). The third-order valence-corrected chi connectivity index (χ3v) is 3.96. The fourth-order valence-electron chi connectivity index (χ4n) is 2.76. The molecule has 0 unspecified atom stereocenters. The monoisotopic (exact) mass is 258 g/mol. The molecular formula is C16H19FN2. The van der Waals surface area contributed by atoms with E-state index in [9.17, 15) is 4.39 Å². The van der Waals surface area contributed by atoms with Crippen LogP contribution in [0, 0.1) is 5.82 Å². The standard InChI is InChI=1S/C16H19FN2/c1-11(2)19-7-5-12(6-8-19)15-10-18-16-9-13(17)3-4-14(15)16/h3-5,9-11,18H,6-8H2,1-2H3. The molecule has 1 aromatic heterocycles. The highest BCUT2D eigenvalue weighted by molar-refractivity contribution is 5.92. The summed E-state index contributed by atoms with van der Waals surface area (Å²) >= 11 is 0. The molecule has 2 aromatic rings. The minimum Gasteiger partial charge on any atom is -0.360 e. The lowest BCUT2D eigenvalue weighted by atomic mass is 9.98. The molecule has 2 nitrogen and oxygen atoms in total. The minimum absolute atomic E-state index is 0.190. The van der Waals surface area contributed by atoms with E-state index >= 15 is 0 Å². The molecule has 0 fully saturated rings. The van der Waals surface area contributed by atoms with Crippen LogP contribution in [0.25, 0.3) is 16.5 Å². The molecule has 0 bridgehead atoms. The van der Waals surface area contributed by atoms with E-state index < -0.39 is 0 Å². The van der Waals surface area contributed by atoms with Crippen molar-refractivity contribution in [3.05, 3.63) is 41.9 Å². The maximum atomic E-state index is 13.2. The van der Waals surface area contributed by atoms with Crippen molar-refractivity contribution in [2.24, 2.45) is 0 Å². The third kappa shape index (κ3) is 2.30. The van der Waals surface area contributed by atoms with Crippen LogP contribution in [0.1, 0.15) is 25.8 Å². The van der Waals surface area contributed by atoms with Crippen LogP contribution in [-0.4, -0.2) is 29.0 Å². The van der Waals surface area contributed by atoms with Crippen molar-refractivity contribution >= 4 is 16.5 Å². The molecule has 2 heterocycles. The Hall–Kier alpha value is -1.61. The Morgan fingerprint density at radius 1 is 1.32 bits per heavy atom. The number of hydrogen-bond acceptors (Lipinski definition) is 1. The first-order valence-electron chi connectivity index (χ1n) is 6.85. The number of benzene rings is 1. The Balaban J connectivity index is 1.93. The second kappa shape index (κ2) is 4.82. The zero-order chi connectivity index (χ0) is 13.4. The SMILES string of the molecule is CC(C)N1CC=C(c2c[nH]c3cc(F)ccc23)CC1. The van der Waals surface area contributed by atoms with Gasteiger partial charge >= 0.3 is 0 Å². The van der Waals surface area contributed by atoms with E-state index in [1.165, 1.54) is 17.2 Å². The topological polar surface area (TPSA) is 19.0 Å². The molecule has 0 atom stereocenters. The summed E-state index contributed by atoms with van der Waals surface area (Å²) < 4.78 is 13.2. The van der Waals surface area contributed by atoms with Crippen molar-refractivity contribution < 1.29 is 4.39 Å². The van der Waals surface area contributed by atoms with Crippen LogP contribution < -0.4 is 0 Å². The summed E-state index contributed by atoms with van der Waals surface area (Å²) in [6, 6.07) is 5.55. The fraction of sp³-hybridized carbons (Fsp3) is 0.375. The Morgan fingerprint density at radius 2 is 2.16 bits per heavy atom. The molecule has 0 saturated heterocycles. The van der Waals surface area contributed by atoms with Crippen molar-refractivity contribution in [1.29, 1.82) is 0 Å². The zero-order valence-corrected chi connectivity index (χ0v) is 11.4. The van der Waals surface area contributed by atoms with Crippen molar-refractivity contribution in [2.45, 2.75) is 26.3 Å². The summed E-state index contributed by atoms with van der Waals surface area (Å²) in [5.41, 5.74) is 3.47. The molecule has 1 aliphatic heterocycles. The quantitative estimate of drug-likeness (QED) is 0.868. The Morgan fingerprint density at radius 3 is 2.84 bits per heavy atom. The summed E-state index contributed by atoms with van der Waals surface area (Å²) in [7, 11) is 0. The average molecular weight is 258 g/mol. The van der Waals surface area contributed by atoms with Crippen molar-refractivity contribution in [3.63, 3.8) is 0 Å². The fourth-order valence-corrected chi connectivity index (χ4v) is 2.76. The molecule has 0 radical (unpaired) electrons. The summed E-state index contributed by atoms with van der Waals surface area (Å²) in [4.78, 5) is 5.62. The number of nitrogens with zero attached hydrogens (tertiary/aromatic N) is 1. The molecule has 1 N–H and O–H groups in total. The molecule has 19 heavy (non-hydrogen) atoms.